The van der Waals surface area contributed by atoms with E-state index in [1.54, 1.807) is 7.11 Å². The summed E-state index contributed by atoms with van der Waals surface area (Å²) in [5.41, 5.74) is 2.02. The van der Waals surface area contributed by atoms with Crippen molar-refractivity contribution in [2.24, 2.45) is 0 Å². The van der Waals surface area contributed by atoms with Gasteiger partial charge in [-0.2, -0.15) is 0 Å². The van der Waals surface area contributed by atoms with Crippen LogP contribution in [0.2, 0.25) is 5.02 Å². The van der Waals surface area contributed by atoms with Gasteiger partial charge < -0.3 is 9.84 Å². The molecule has 0 bridgehead atoms. The molecule has 0 radical (unpaired) electrons. The molecule has 4 heteroatoms. The monoisotopic (exact) mass is 242 g/mol. The Balaban J connectivity index is 2.72. The molecule has 0 aliphatic heterocycles. The van der Waals surface area contributed by atoms with Gasteiger partial charge in [-0.15, -0.1) is 0 Å². The summed E-state index contributed by atoms with van der Waals surface area (Å²) in [5.74, 6) is -0.0834. The molecule has 1 aromatic rings. The largest absolute Gasteiger partial charge is 0.495 e. The molecule has 88 valence electrons. The maximum absolute atomic E-state index is 10.4. The number of methoxy groups -OCH3 is 1. The summed E-state index contributed by atoms with van der Waals surface area (Å²) >= 11 is 6.03. The van der Waals surface area contributed by atoms with E-state index in [9.17, 15) is 4.79 Å². The lowest BCUT2D eigenvalue weighted by Crippen LogP contribution is -1.97. The second kappa shape index (κ2) is 5.75. The minimum absolute atomic E-state index is 0.183. The maximum atomic E-state index is 10.4. The Morgan fingerprint density at radius 3 is 2.69 bits per heavy atom. The zero-order valence-electron chi connectivity index (χ0n) is 9.42. The first-order chi connectivity index (χ1) is 7.54. The van der Waals surface area contributed by atoms with Crippen LogP contribution in [0.5, 0.6) is 5.75 Å². The highest BCUT2D eigenvalue weighted by Gasteiger charge is 2.07. The molecule has 0 saturated carbocycles. The highest BCUT2D eigenvalue weighted by Crippen LogP contribution is 2.29. The van der Waals surface area contributed by atoms with Crippen LogP contribution in [-0.4, -0.2) is 18.2 Å². The van der Waals surface area contributed by atoms with Crippen molar-refractivity contribution in [3.8, 4) is 5.75 Å². The minimum atomic E-state index is -0.767. The Bertz CT molecular complexity index is 365. The van der Waals surface area contributed by atoms with E-state index in [2.05, 4.69) is 0 Å². The van der Waals surface area contributed by atoms with Crippen molar-refractivity contribution in [1.82, 2.24) is 0 Å². The third kappa shape index (κ3) is 3.42. The van der Waals surface area contributed by atoms with Crippen molar-refractivity contribution in [2.45, 2.75) is 26.2 Å². The quantitative estimate of drug-likeness (QED) is 0.863. The summed E-state index contributed by atoms with van der Waals surface area (Å²) in [6.07, 6.45) is 1.52. The van der Waals surface area contributed by atoms with Crippen LogP contribution < -0.4 is 4.74 Å². The molecular weight excluding hydrogens is 228 g/mol. The smallest absolute Gasteiger partial charge is 0.303 e. The predicted octanol–water partition coefficient (Wildman–Crippen LogP) is 3.06. The Kier molecular flexibility index (Phi) is 4.62. The molecule has 3 nitrogen and oxygen atoms in total. The summed E-state index contributed by atoms with van der Waals surface area (Å²) in [6.45, 7) is 1.92. The second-order valence-corrected chi connectivity index (χ2v) is 4.08. The third-order valence-electron chi connectivity index (χ3n) is 2.35. The van der Waals surface area contributed by atoms with Crippen LogP contribution in [0.15, 0.2) is 12.1 Å². The van der Waals surface area contributed by atoms with Gasteiger partial charge in [0.15, 0.2) is 0 Å². The van der Waals surface area contributed by atoms with Crippen LogP contribution in [0.1, 0.15) is 24.0 Å². The fourth-order valence-corrected chi connectivity index (χ4v) is 2.01. The fraction of sp³-hybridized carbons (Fsp3) is 0.417. The zero-order chi connectivity index (χ0) is 12.1. The van der Waals surface area contributed by atoms with Crippen molar-refractivity contribution < 1.29 is 14.6 Å². The standard InChI is InChI=1S/C12H15ClO3/c1-8-6-9(4-3-5-11(14)15)7-10(13)12(8)16-2/h6-7H,3-5H2,1-2H3,(H,14,15). The first-order valence-corrected chi connectivity index (χ1v) is 5.47. The molecule has 1 N–H and O–H groups in total. The van der Waals surface area contributed by atoms with E-state index < -0.39 is 5.97 Å². The molecule has 0 saturated heterocycles. The minimum Gasteiger partial charge on any atom is -0.495 e. The Morgan fingerprint density at radius 2 is 2.19 bits per heavy atom. The number of aliphatic carboxylic acids is 1. The predicted molar refractivity (Wildman–Crippen MR) is 63.3 cm³/mol. The topological polar surface area (TPSA) is 46.5 Å². The van der Waals surface area contributed by atoms with E-state index in [0.717, 1.165) is 17.5 Å². The number of benzene rings is 1. The molecule has 0 aromatic heterocycles. The van der Waals surface area contributed by atoms with Crippen molar-refractivity contribution in [2.75, 3.05) is 7.11 Å². The highest BCUT2D eigenvalue weighted by atomic mass is 35.5. The normalized spacial score (nSPS) is 10.2. The van der Waals surface area contributed by atoms with Crippen LogP contribution in [0.3, 0.4) is 0 Å². The van der Waals surface area contributed by atoms with Gasteiger partial charge in [0.25, 0.3) is 0 Å². The van der Waals surface area contributed by atoms with E-state index in [0.29, 0.717) is 17.2 Å². The summed E-state index contributed by atoms with van der Waals surface area (Å²) in [4.78, 5) is 10.4. The Hall–Kier alpha value is -1.22. The van der Waals surface area contributed by atoms with Crippen molar-refractivity contribution in [1.29, 1.82) is 0 Å². The molecule has 1 rings (SSSR count). The van der Waals surface area contributed by atoms with E-state index in [4.69, 9.17) is 21.4 Å². The first kappa shape index (κ1) is 12.8. The summed E-state index contributed by atoms with van der Waals surface area (Å²) in [6, 6.07) is 3.81. The number of rotatable bonds is 5. The molecule has 0 heterocycles. The third-order valence-corrected chi connectivity index (χ3v) is 2.63. The van der Waals surface area contributed by atoms with Gasteiger partial charge in [0, 0.05) is 6.42 Å². The molecule has 0 aliphatic carbocycles. The van der Waals surface area contributed by atoms with Crippen molar-refractivity contribution in [3.63, 3.8) is 0 Å². The SMILES string of the molecule is COc1c(C)cc(CCCC(=O)O)cc1Cl. The van der Waals surface area contributed by atoms with Gasteiger partial charge in [0.1, 0.15) is 5.75 Å². The number of carboxylic acid groups (broad SMARTS) is 1. The molecule has 0 amide bonds. The second-order valence-electron chi connectivity index (χ2n) is 3.68. The average molecular weight is 243 g/mol. The van der Waals surface area contributed by atoms with Gasteiger partial charge in [-0.05, 0) is 37.0 Å². The van der Waals surface area contributed by atoms with Crippen LogP contribution >= 0.6 is 11.6 Å². The van der Waals surface area contributed by atoms with E-state index in [1.807, 2.05) is 19.1 Å². The van der Waals surface area contributed by atoms with Gasteiger partial charge in [0.05, 0.1) is 12.1 Å². The molecule has 1 aromatic carbocycles. The van der Waals surface area contributed by atoms with E-state index >= 15 is 0 Å². The summed E-state index contributed by atoms with van der Waals surface area (Å²) in [5, 5.41) is 9.11. The summed E-state index contributed by atoms with van der Waals surface area (Å²) < 4.78 is 5.15. The van der Waals surface area contributed by atoms with Crippen molar-refractivity contribution >= 4 is 17.6 Å². The Morgan fingerprint density at radius 1 is 1.50 bits per heavy atom. The van der Waals surface area contributed by atoms with Gasteiger partial charge in [0.2, 0.25) is 0 Å². The number of halogens is 1. The van der Waals surface area contributed by atoms with Gasteiger partial charge in [-0.25, -0.2) is 0 Å². The maximum Gasteiger partial charge on any atom is 0.303 e. The van der Waals surface area contributed by atoms with Gasteiger partial charge >= 0.3 is 5.97 Å². The fourth-order valence-electron chi connectivity index (χ4n) is 1.65. The van der Waals surface area contributed by atoms with Crippen LogP contribution in [0.25, 0.3) is 0 Å². The first-order valence-electron chi connectivity index (χ1n) is 5.09. The zero-order valence-corrected chi connectivity index (χ0v) is 10.2. The molecule has 0 unspecified atom stereocenters. The van der Waals surface area contributed by atoms with E-state index in [-0.39, 0.29) is 6.42 Å². The van der Waals surface area contributed by atoms with Gasteiger partial charge in [-0.1, -0.05) is 17.7 Å². The lowest BCUT2D eigenvalue weighted by molar-refractivity contribution is -0.137. The molecule has 0 aliphatic rings. The average Bonchev–Trinajstić information content (AvgIpc) is 2.16. The lowest BCUT2D eigenvalue weighted by atomic mass is 10.1. The number of carbonyl (C=O) groups is 1. The molecule has 16 heavy (non-hydrogen) atoms. The Labute approximate surface area is 100.0 Å². The number of carboxylic acids is 1. The number of aryl methyl sites for hydroxylation is 2. The lowest BCUT2D eigenvalue weighted by Gasteiger charge is -2.09. The number of ether oxygens (including phenoxy) is 1. The van der Waals surface area contributed by atoms with Crippen LogP contribution in [-0.2, 0) is 11.2 Å². The molecule has 0 fully saturated rings. The number of hydrogen-bond acceptors (Lipinski definition) is 2. The number of hydrogen-bond donors (Lipinski definition) is 1. The van der Waals surface area contributed by atoms with Crippen LogP contribution in [0, 0.1) is 6.92 Å². The molecule has 0 spiro atoms. The van der Waals surface area contributed by atoms with Gasteiger partial charge in [-0.3, -0.25) is 4.79 Å². The van der Waals surface area contributed by atoms with Crippen molar-refractivity contribution in [3.05, 3.63) is 28.3 Å². The van der Waals surface area contributed by atoms with Crippen LogP contribution in [0.4, 0.5) is 0 Å². The molecular formula is C12H15ClO3. The highest BCUT2D eigenvalue weighted by molar-refractivity contribution is 6.32. The summed E-state index contributed by atoms with van der Waals surface area (Å²) in [7, 11) is 1.58. The molecule has 0 atom stereocenters. The van der Waals surface area contributed by atoms with E-state index in [1.165, 1.54) is 0 Å².